The van der Waals surface area contributed by atoms with E-state index in [1.807, 2.05) is 24.1 Å². The molecule has 5 heteroatoms. The summed E-state index contributed by atoms with van der Waals surface area (Å²) in [7, 11) is 0. The zero-order chi connectivity index (χ0) is 16.6. The van der Waals surface area contributed by atoms with Crippen molar-refractivity contribution in [3.8, 4) is 5.75 Å². The molecule has 2 heterocycles. The van der Waals surface area contributed by atoms with Gasteiger partial charge in [-0.05, 0) is 33.8 Å². The lowest BCUT2D eigenvalue weighted by atomic mass is 9.89. The normalized spacial score (nSPS) is 22.2. The lowest BCUT2D eigenvalue weighted by Crippen LogP contribution is -2.43. The van der Waals surface area contributed by atoms with Crippen molar-refractivity contribution in [1.82, 2.24) is 10.3 Å². The maximum Gasteiger partial charge on any atom is 0.241 e. The Morgan fingerprint density at radius 2 is 2.22 bits per heavy atom. The highest BCUT2D eigenvalue weighted by Crippen LogP contribution is 2.39. The summed E-state index contributed by atoms with van der Waals surface area (Å²) < 4.78 is 6.05. The zero-order valence-corrected chi connectivity index (χ0v) is 14.3. The Bertz CT molecular complexity index is 652. The van der Waals surface area contributed by atoms with Crippen LogP contribution in [0.15, 0.2) is 23.3 Å². The van der Waals surface area contributed by atoms with Crippen LogP contribution in [0, 0.1) is 6.92 Å². The molecule has 1 atom stereocenters. The van der Waals surface area contributed by atoms with E-state index in [0.717, 1.165) is 36.4 Å². The minimum atomic E-state index is -0.289. The smallest absolute Gasteiger partial charge is 0.241 e. The van der Waals surface area contributed by atoms with Gasteiger partial charge in [-0.15, -0.1) is 0 Å². The molecule has 3 rings (SSSR count). The largest absolute Gasteiger partial charge is 0.487 e. The first-order chi connectivity index (χ1) is 10.8. The van der Waals surface area contributed by atoms with Gasteiger partial charge >= 0.3 is 0 Å². The quantitative estimate of drug-likeness (QED) is 0.933. The summed E-state index contributed by atoms with van der Waals surface area (Å²) in [5.41, 5.74) is 3.04. The molecule has 0 saturated heterocycles. The molecule has 1 aromatic rings. The van der Waals surface area contributed by atoms with E-state index < -0.39 is 0 Å². The van der Waals surface area contributed by atoms with Gasteiger partial charge in [0.1, 0.15) is 17.9 Å². The zero-order valence-electron chi connectivity index (χ0n) is 14.3. The van der Waals surface area contributed by atoms with Gasteiger partial charge in [-0.2, -0.15) is 5.10 Å². The Balaban J connectivity index is 1.74. The third-order valence-corrected chi connectivity index (χ3v) is 4.33. The van der Waals surface area contributed by atoms with Gasteiger partial charge in [-0.25, -0.2) is 0 Å². The molecule has 2 aliphatic rings. The summed E-state index contributed by atoms with van der Waals surface area (Å²) in [4.78, 5) is 12.4. The molecule has 0 aliphatic carbocycles. The van der Waals surface area contributed by atoms with Crippen molar-refractivity contribution in [2.75, 3.05) is 13.1 Å². The van der Waals surface area contributed by atoms with Crippen LogP contribution in [0.2, 0.25) is 0 Å². The topological polar surface area (TPSA) is 53.9 Å². The number of nitrogens with one attached hydrogen (secondary N) is 1. The first kappa shape index (κ1) is 15.8. The highest BCUT2D eigenvalue weighted by molar-refractivity contribution is 5.84. The number of rotatable bonds is 3. The van der Waals surface area contributed by atoms with Gasteiger partial charge in [-0.1, -0.05) is 17.7 Å². The third kappa shape index (κ3) is 3.66. The first-order valence-electron chi connectivity index (χ1n) is 8.20. The van der Waals surface area contributed by atoms with Crippen LogP contribution in [0.1, 0.15) is 50.8 Å². The number of hydrogen-bond donors (Lipinski definition) is 1. The summed E-state index contributed by atoms with van der Waals surface area (Å²) in [6.45, 7) is 9.31. The summed E-state index contributed by atoms with van der Waals surface area (Å²) in [6.07, 6.45) is 1.71. The molecule has 0 radical (unpaired) electrons. The van der Waals surface area contributed by atoms with Gasteiger partial charge in [0, 0.05) is 30.7 Å². The summed E-state index contributed by atoms with van der Waals surface area (Å²) in [6, 6.07) is 6.13. The molecular weight excluding hydrogens is 290 g/mol. The van der Waals surface area contributed by atoms with Crippen LogP contribution in [0.25, 0.3) is 0 Å². The van der Waals surface area contributed by atoms with Crippen molar-refractivity contribution in [3.05, 3.63) is 29.3 Å². The average molecular weight is 315 g/mol. The average Bonchev–Trinajstić information content (AvgIpc) is 2.84. The molecule has 0 bridgehead atoms. The van der Waals surface area contributed by atoms with Crippen molar-refractivity contribution < 1.29 is 9.53 Å². The molecule has 2 aliphatic heterocycles. The van der Waals surface area contributed by atoms with E-state index in [4.69, 9.17) is 4.74 Å². The second kappa shape index (κ2) is 5.87. The molecule has 1 aromatic carbocycles. The van der Waals surface area contributed by atoms with Crippen molar-refractivity contribution in [3.63, 3.8) is 0 Å². The van der Waals surface area contributed by atoms with Gasteiger partial charge in [0.2, 0.25) is 5.91 Å². The molecule has 1 amide bonds. The van der Waals surface area contributed by atoms with Gasteiger partial charge in [0.05, 0.1) is 6.04 Å². The lowest BCUT2D eigenvalue weighted by Gasteiger charge is -2.38. The summed E-state index contributed by atoms with van der Waals surface area (Å²) >= 11 is 0. The van der Waals surface area contributed by atoms with Crippen LogP contribution >= 0.6 is 0 Å². The molecule has 124 valence electrons. The van der Waals surface area contributed by atoms with Crippen molar-refractivity contribution in [1.29, 1.82) is 0 Å². The molecule has 0 spiro atoms. The number of amides is 1. The number of nitrogens with zero attached hydrogens (tertiary/aromatic N) is 2. The van der Waals surface area contributed by atoms with Gasteiger partial charge in [0.25, 0.3) is 0 Å². The van der Waals surface area contributed by atoms with E-state index in [2.05, 4.69) is 37.3 Å². The Kier molecular flexibility index (Phi) is 4.04. The van der Waals surface area contributed by atoms with E-state index in [1.165, 1.54) is 5.56 Å². The number of hydrogen-bond acceptors (Lipinski definition) is 4. The first-order valence-corrected chi connectivity index (χ1v) is 8.20. The highest BCUT2D eigenvalue weighted by Gasteiger charge is 2.34. The summed E-state index contributed by atoms with van der Waals surface area (Å²) in [5, 5.41) is 9.38. The fourth-order valence-electron chi connectivity index (χ4n) is 3.26. The number of aryl methyl sites for hydroxylation is 1. The molecule has 0 fully saturated rings. The predicted octanol–water partition coefficient (Wildman–Crippen LogP) is 2.80. The molecule has 5 nitrogen and oxygen atoms in total. The van der Waals surface area contributed by atoms with Crippen LogP contribution in [0.3, 0.4) is 0 Å². The third-order valence-electron chi connectivity index (χ3n) is 4.33. The van der Waals surface area contributed by atoms with Crippen molar-refractivity contribution in [2.45, 2.75) is 52.2 Å². The van der Waals surface area contributed by atoms with Gasteiger partial charge in [-0.3, -0.25) is 9.80 Å². The molecule has 0 aromatic heterocycles. The van der Waals surface area contributed by atoms with E-state index in [-0.39, 0.29) is 17.6 Å². The summed E-state index contributed by atoms with van der Waals surface area (Å²) in [5.74, 6) is 0.880. The van der Waals surface area contributed by atoms with Crippen molar-refractivity contribution >= 4 is 11.6 Å². The molecule has 1 N–H and O–H groups in total. The van der Waals surface area contributed by atoms with Gasteiger partial charge in [0.15, 0.2) is 0 Å². The molecular formula is C18H25N3O2. The minimum Gasteiger partial charge on any atom is -0.487 e. The van der Waals surface area contributed by atoms with Crippen LogP contribution < -0.4 is 10.1 Å². The minimum absolute atomic E-state index is 0.0126. The number of hydrazone groups is 1. The lowest BCUT2D eigenvalue weighted by molar-refractivity contribution is -0.123. The maximum atomic E-state index is 12.4. The Hall–Kier alpha value is -2.04. The van der Waals surface area contributed by atoms with E-state index in [9.17, 15) is 4.79 Å². The number of fused-ring (bicyclic) bond motifs is 1. The Labute approximate surface area is 137 Å². The number of benzene rings is 1. The second-order valence-electron chi connectivity index (χ2n) is 7.20. The van der Waals surface area contributed by atoms with E-state index in [1.54, 1.807) is 0 Å². The molecule has 23 heavy (non-hydrogen) atoms. The number of ether oxygens (including phenoxy) is 1. The maximum absolute atomic E-state index is 12.4. The monoisotopic (exact) mass is 315 g/mol. The van der Waals surface area contributed by atoms with Crippen LogP contribution in [0.5, 0.6) is 5.75 Å². The standard InChI is InChI=1S/C18H25N3O2/c1-12-5-6-16-14(9-12)15(10-18(3,4)23-16)19-17(22)11-21-8-7-13(2)20-21/h5-6,9,15H,7-8,10-11H2,1-4H3,(H,19,22)/t15-/m1/s1. The van der Waals surface area contributed by atoms with Crippen LogP contribution in [-0.4, -0.2) is 35.3 Å². The highest BCUT2D eigenvalue weighted by atomic mass is 16.5. The van der Waals surface area contributed by atoms with Crippen molar-refractivity contribution in [2.24, 2.45) is 5.10 Å². The number of carbonyl (C=O) groups excluding carboxylic acids is 1. The fourth-order valence-corrected chi connectivity index (χ4v) is 3.26. The van der Waals surface area contributed by atoms with Crippen LogP contribution in [-0.2, 0) is 4.79 Å². The van der Waals surface area contributed by atoms with Crippen LogP contribution in [0.4, 0.5) is 0 Å². The Morgan fingerprint density at radius 1 is 1.43 bits per heavy atom. The molecule has 0 saturated carbocycles. The Morgan fingerprint density at radius 3 is 2.91 bits per heavy atom. The van der Waals surface area contributed by atoms with Gasteiger partial charge < -0.3 is 10.1 Å². The number of carbonyl (C=O) groups is 1. The van der Waals surface area contributed by atoms with E-state index in [0.29, 0.717) is 6.54 Å². The van der Waals surface area contributed by atoms with E-state index >= 15 is 0 Å². The predicted molar refractivity (Wildman–Crippen MR) is 90.7 cm³/mol. The second-order valence-corrected chi connectivity index (χ2v) is 7.20. The SMILES string of the molecule is CC1=NN(CC(=O)N[C@@H]2CC(C)(C)Oc3ccc(C)cc32)CC1. The fraction of sp³-hybridized carbons (Fsp3) is 0.556. The molecule has 0 unspecified atom stereocenters.